The molecule has 0 spiro atoms. The summed E-state index contributed by atoms with van der Waals surface area (Å²) in [6.07, 6.45) is -0.555. The highest BCUT2D eigenvalue weighted by molar-refractivity contribution is 6.29. The lowest BCUT2D eigenvalue weighted by Gasteiger charge is -1.94. The van der Waals surface area contributed by atoms with E-state index >= 15 is 0 Å². The second-order valence-electron chi connectivity index (χ2n) is 1.32. The van der Waals surface area contributed by atoms with E-state index in [1.54, 1.807) is 0 Å². The van der Waals surface area contributed by atoms with E-state index in [9.17, 15) is 0 Å². The van der Waals surface area contributed by atoms with Crippen LogP contribution in [0, 0.1) is 13.7 Å². The molecule has 2 nitrogen and oxygen atoms in total. The van der Waals surface area contributed by atoms with Crippen molar-refractivity contribution in [2.75, 3.05) is 0 Å². The summed E-state index contributed by atoms with van der Waals surface area (Å²) in [5.41, 5.74) is -1.39. The number of aryl methyl sites for hydroxylation is 2. The van der Waals surface area contributed by atoms with Crippen LogP contribution in [0.5, 0.6) is 0 Å². The molecule has 1 rings (SSSR count). The van der Waals surface area contributed by atoms with Gasteiger partial charge in [0.25, 0.3) is 0 Å². The molecule has 1 heterocycles. The number of aromatic nitrogens is 2. The minimum atomic E-state index is -2.74. The molecule has 1 aromatic heterocycles. The lowest BCUT2D eigenvalue weighted by Crippen LogP contribution is -1.89. The molecule has 0 atom stereocenters. The van der Waals surface area contributed by atoms with Gasteiger partial charge in [0, 0.05) is 8.22 Å². The molecule has 0 fully saturated rings. The van der Waals surface area contributed by atoms with Gasteiger partial charge in [0.1, 0.15) is 5.15 Å². The van der Waals surface area contributed by atoms with Crippen molar-refractivity contribution in [2.45, 2.75) is 13.7 Å². The molecule has 48 valence electrons. The lowest BCUT2D eigenvalue weighted by atomic mass is 10.4. The van der Waals surface area contributed by atoms with Crippen LogP contribution in [-0.2, 0) is 0 Å². The van der Waals surface area contributed by atoms with Gasteiger partial charge >= 0.3 is 0 Å². The molecule has 0 aliphatic carbocycles. The van der Waals surface area contributed by atoms with Gasteiger partial charge in [-0.25, -0.2) is 4.98 Å². The minimum absolute atomic E-state index is 0.431. The summed E-state index contributed by atoms with van der Waals surface area (Å²) in [6.45, 7) is -5.47. The predicted octanol–water partition coefficient (Wildman–Crippen LogP) is 1.75. The van der Waals surface area contributed by atoms with E-state index in [0.717, 1.165) is 0 Å². The topological polar surface area (TPSA) is 25.8 Å². The van der Waals surface area contributed by atoms with Crippen LogP contribution >= 0.6 is 11.6 Å². The summed E-state index contributed by atoms with van der Waals surface area (Å²) in [6, 6.07) is 0. The molecule has 0 radical (unpaired) electrons. The molecular formula is C6H7ClN2. The van der Waals surface area contributed by atoms with Gasteiger partial charge in [-0.2, -0.15) is 0 Å². The third-order valence-electron chi connectivity index (χ3n) is 0.694. The maximum atomic E-state index is 7.20. The van der Waals surface area contributed by atoms with Crippen LogP contribution in [0.1, 0.15) is 21.0 Å². The van der Waals surface area contributed by atoms with Gasteiger partial charge in [-0.3, -0.25) is 4.98 Å². The fourth-order valence-corrected chi connectivity index (χ4v) is 0.458. The number of halogens is 1. The van der Waals surface area contributed by atoms with Crippen LogP contribution in [0.15, 0.2) is 6.17 Å². The molecular weight excluding hydrogens is 136 g/mol. The zero-order valence-electron chi connectivity index (χ0n) is 11.3. The number of hydrogen-bond acceptors (Lipinski definition) is 2. The standard InChI is InChI=1S/C6H7ClN2/c1-4-5(2)9-6(7)3-8-4/h3H,1-2H3/i1D3,2D3,3D. The van der Waals surface area contributed by atoms with E-state index in [0.29, 0.717) is 0 Å². The van der Waals surface area contributed by atoms with Crippen LogP contribution in [0.2, 0.25) is 5.15 Å². The first-order valence-electron chi connectivity index (χ1n) is 5.58. The monoisotopic (exact) mass is 149 g/mol. The quantitative estimate of drug-likeness (QED) is 0.562. The van der Waals surface area contributed by atoms with Gasteiger partial charge in [0.2, 0.25) is 0 Å². The van der Waals surface area contributed by atoms with Crippen molar-refractivity contribution >= 4 is 11.6 Å². The Labute approximate surface area is 68.7 Å². The van der Waals surface area contributed by atoms with Crippen molar-refractivity contribution in [3.8, 4) is 0 Å². The second kappa shape index (κ2) is 2.31. The van der Waals surface area contributed by atoms with Crippen LogP contribution in [-0.4, -0.2) is 9.97 Å². The summed E-state index contributed by atoms with van der Waals surface area (Å²) in [4.78, 5) is 6.76. The number of hydrogen-bond donors (Lipinski definition) is 0. The summed E-state index contributed by atoms with van der Waals surface area (Å²) < 4.78 is 49.9. The molecule has 0 aliphatic rings. The first-order valence-corrected chi connectivity index (χ1v) is 2.46. The predicted molar refractivity (Wildman–Crippen MR) is 36.5 cm³/mol. The number of rotatable bonds is 0. The van der Waals surface area contributed by atoms with E-state index in [2.05, 4.69) is 9.97 Å². The SMILES string of the molecule is [2H]c1nc(C([2H])([2H])[2H])c(C([2H])([2H])[2H])nc1Cl. The molecule has 0 aromatic carbocycles. The van der Waals surface area contributed by atoms with E-state index in [1.165, 1.54) is 0 Å². The van der Waals surface area contributed by atoms with Crippen LogP contribution in [0.3, 0.4) is 0 Å². The molecule has 1 aromatic rings. The lowest BCUT2D eigenvalue weighted by molar-refractivity contribution is 1.05. The summed E-state index contributed by atoms with van der Waals surface area (Å²) >= 11 is 5.45. The van der Waals surface area contributed by atoms with Gasteiger partial charge in [-0.1, -0.05) is 11.6 Å². The molecule has 9 heavy (non-hydrogen) atoms. The van der Waals surface area contributed by atoms with Crippen molar-refractivity contribution in [2.24, 2.45) is 0 Å². The van der Waals surface area contributed by atoms with E-state index in [1.807, 2.05) is 0 Å². The molecule has 0 N–H and O–H groups in total. The Kier molecular flexibility index (Phi) is 0.495. The Morgan fingerprint density at radius 1 is 1.67 bits per heavy atom. The second-order valence-corrected chi connectivity index (χ2v) is 1.68. The Hall–Kier alpha value is -0.630. The Morgan fingerprint density at radius 3 is 3.11 bits per heavy atom. The van der Waals surface area contributed by atoms with E-state index in [-0.39, 0.29) is 0 Å². The average molecular weight is 150 g/mol. The first kappa shape index (κ1) is 1.92. The third-order valence-corrected chi connectivity index (χ3v) is 0.863. The highest BCUT2D eigenvalue weighted by atomic mass is 35.5. The van der Waals surface area contributed by atoms with Crippen molar-refractivity contribution in [3.05, 3.63) is 22.7 Å². The first-order chi connectivity index (χ1) is 7.03. The molecule has 0 saturated carbocycles. The third kappa shape index (κ3) is 1.39. The van der Waals surface area contributed by atoms with Crippen molar-refractivity contribution < 1.29 is 9.60 Å². The molecule has 3 heteroatoms. The summed E-state index contributed by atoms with van der Waals surface area (Å²) in [5, 5.41) is -0.431. The maximum absolute atomic E-state index is 7.20. The van der Waals surface area contributed by atoms with E-state index < -0.39 is 36.4 Å². The molecule has 0 saturated heterocycles. The smallest absolute Gasteiger partial charge is 0.147 e. The summed E-state index contributed by atoms with van der Waals surface area (Å²) in [7, 11) is 0. The zero-order valence-corrected chi connectivity index (χ0v) is 5.03. The van der Waals surface area contributed by atoms with Gasteiger partial charge in [-0.15, -0.1) is 0 Å². The zero-order chi connectivity index (χ0) is 12.7. The molecule has 0 aliphatic heterocycles. The van der Waals surface area contributed by atoms with Crippen LogP contribution in [0.25, 0.3) is 0 Å². The van der Waals surface area contributed by atoms with E-state index in [4.69, 9.17) is 21.2 Å². The van der Waals surface area contributed by atoms with Crippen molar-refractivity contribution in [1.29, 1.82) is 0 Å². The van der Waals surface area contributed by atoms with Gasteiger partial charge < -0.3 is 0 Å². The fourth-order valence-electron chi connectivity index (χ4n) is 0.331. The largest absolute Gasteiger partial charge is 0.256 e. The van der Waals surface area contributed by atoms with Crippen molar-refractivity contribution in [1.82, 2.24) is 9.97 Å². The molecule has 0 bridgehead atoms. The Morgan fingerprint density at radius 2 is 2.44 bits per heavy atom. The highest BCUT2D eigenvalue weighted by Crippen LogP contribution is 2.04. The average Bonchev–Trinajstić information content (AvgIpc) is 2.05. The molecule has 0 unspecified atom stereocenters. The fraction of sp³-hybridized carbons (Fsp3) is 0.333. The van der Waals surface area contributed by atoms with Gasteiger partial charge in [-0.05, 0) is 13.7 Å². The van der Waals surface area contributed by atoms with Crippen LogP contribution in [0.4, 0.5) is 0 Å². The van der Waals surface area contributed by atoms with Gasteiger partial charge in [0.05, 0.1) is 18.9 Å². The normalized spacial score (nSPS) is 23.9. The van der Waals surface area contributed by atoms with Crippen LogP contribution < -0.4 is 0 Å². The highest BCUT2D eigenvalue weighted by Gasteiger charge is 1.93. The minimum Gasteiger partial charge on any atom is -0.256 e. The Balaban J connectivity index is 3.53. The molecule has 0 amide bonds. The summed E-state index contributed by atoms with van der Waals surface area (Å²) in [5.74, 6) is 0. The maximum Gasteiger partial charge on any atom is 0.147 e. The Bertz CT molecular complexity index is 372. The van der Waals surface area contributed by atoms with Crippen molar-refractivity contribution in [3.63, 3.8) is 0 Å². The number of nitrogens with zero attached hydrogens (tertiary/aromatic N) is 2. The van der Waals surface area contributed by atoms with Gasteiger partial charge in [0.15, 0.2) is 0 Å².